The summed E-state index contributed by atoms with van der Waals surface area (Å²) in [5, 5.41) is 17.1. The van der Waals surface area contributed by atoms with E-state index in [-0.39, 0.29) is 17.8 Å². The minimum absolute atomic E-state index is 0.00642. The molecule has 0 aromatic carbocycles. The molecular weight excluding hydrogens is 850 g/mol. The number of nitrogens with zero attached hydrogens (tertiary/aromatic N) is 1. The van der Waals surface area contributed by atoms with Crippen LogP contribution in [0.15, 0.2) is 47.8 Å². The number of fused-ring (bicyclic) bond motifs is 3. The highest BCUT2D eigenvalue weighted by Crippen LogP contribution is 2.38. The van der Waals surface area contributed by atoms with Crippen LogP contribution in [0.4, 0.5) is 0 Å². The number of carbonyl (C=O) groups is 3. The zero-order chi connectivity index (χ0) is 29.1. The molecule has 6 nitrogen and oxygen atoms in total. The fraction of sp³-hybridized carbons (Fsp3) is 0.125. The number of carboxylic acids is 1. The summed E-state index contributed by atoms with van der Waals surface area (Å²) in [4.78, 5) is 36.5. The standard InChI is InChI=1S/C10H10BrNO2S2.C7H2BrClOS2.C7H3BrO2S2/c1-12(2-3-13)10(14)8-4-6-7(15-8)5-9(11)16-6;2*8-6-2-4-3(12-6)1-5(11-4)7(9)10/h4-5,13H,2-3H2,1H3;1-2H;1-2H,(H,9,10). The minimum atomic E-state index is -0.848. The van der Waals surface area contributed by atoms with E-state index in [9.17, 15) is 14.4 Å². The molecule has 40 heavy (non-hydrogen) atoms. The topological polar surface area (TPSA) is 94.9 Å². The Morgan fingerprint density at radius 1 is 0.700 bits per heavy atom. The maximum atomic E-state index is 11.9. The Kier molecular flexibility index (Phi) is 11.4. The van der Waals surface area contributed by atoms with Gasteiger partial charge in [0.05, 0.1) is 27.7 Å². The first-order chi connectivity index (χ1) is 18.9. The predicted molar refractivity (Wildman–Crippen MR) is 183 cm³/mol. The van der Waals surface area contributed by atoms with Crippen molar-refractivity contribution in [2.75, 3.05) is 20.2 Å². The molecule has 0 aliphatic carbocycles. The summed E-state index contributed by atoms with van der Waals surface area (Å²) in [5.41, 5.74) is 0. The van der Waals surface area contributed by atoms with E-state index >= 15 is 0 Å². The Morgan fingerprint density at radius 3 is 1.48 bits per heavy atom. The minimum Gasteiger partial charge on any atom is -0.477 e. The van der Waals surface area contributed by atoms with Gasteiger partial charge in [0, 0.05) is 41.8 Å². The molecule has 0 aliphatic rings. The molecule has 6 rings (SSSR count). The first kappa shape index (κ1) is 32.2. The molecule has 6 aromatic heterocycles. The SMILES string of the molecule is CN(CCO)C(=O)c1cc2sc(Br)cc2s1.O=C(Cl)c1cc2sc(Br)cc2s1.O=C(O)c1cc2sc(Br)cc2s1. The number of aliphatic hydroxyl groups excluding tert-OH is 1. The summed E-state index contributed by atoms with van der Waals surface area (Å²) in [5.74, 6) is -0.877. The Hall–Kier alpha value is -0.720. The van der Waals surface area contributed by atoms with Crippen LogP contribution < -0.4 is 0 Å². The van der Waals surface area contributed by atoms with Crippen molar-refractivity contribution in [1.29, 1.82) is 0 Å². The van der Waals surface area contributed by atoms with E-state index in [0.717, 1.165) is 44.4 Å². The number of amides is 1. The second-order valence-electron chi connectivity index (χ2n) is 7.70. The summed E-state index contributed by atoms with van der Waals surface area (Å²) in [6.45, 7) is 0.363. The lowest BCUT2D eigenvalue weighted by Gasteiger charge is -2.13. The number of likely N-dealkylation sites (N-methyl/N-ethyl adjacent to an activating group) is 1. The van der Waals surface area contributed by atoms with Gasteiger partial charge in [-0.3, -0.25) is 9.59 Å². The summed E-state index contributed by atoms with van der Waals surface area (Å²) in [6, 6.07) is 11.4. The van der Waals surface area contributed by atoms with Crippen molar-refractivity contribution in [1.82, 2.24) is 4.90 Å². The molecular formula is C24H15Br3ClNO5S6. The van der Waals surface area contributed by atoms with E-state index in [1.165, 1.54) is 38.9 Å². The van der Waals surface area contributed by atoms with Crippen molar-refractivity contribution < 1.29 is 24.6 Å². The number of aliphatic hydroxyl groups is 1. The lowest BCUT2D eigenvalue weighted by Crippen LogP contribution is -2.28. The van der Waals surface area contributed by atoms with Crippen molar-refractivity contribution in [2.45, 2.75) is 0 Å². The van der Waals surface area contributed by atoms with Crippen LogP contribution >= 0.6 is 127 Å². The van der Waals surface area contributed by atoms with Crippen molar-refractivity contribution in [3.63, 3.8) is 0 Å². The monoisotopic (exact) mass is 861 g/mol. The third kappa shape index (κ3) is 8.01. The van der Waals surface area contributed by atoms with Crippen LogP contribution in [-0.2, 0) is 0 Å². The van der Waals surface area contributed by atoms with E-state index in [0.29, 0.717) is 16.3 Å². The highest BCUT2D eigenvalue weighted by molar-refractivity contribution is 9.11. The zero-order valence-electron chi connectivity index (χ0n) is 19.9. The Bertz CT molecular complexity index is 1650. The van der Waals surface area contributed by atoms with Gasteiger partial charge in [-0.05, 0) is 95.8 Å². The average molecular weight is 865 g/mol. The third-order valence-electron chi connectivity index (χ3n) is 4.93. The molecule has 0 saturated heterocycles. The second kappa shape index (κ2) is 14.2. The highest BCUT2D eigenvalue weighted by Gasteiger charge is 2.16. The maximum Gasteiger partial charge on any atom is 0.345 e. The fourth-order valence-electron chi connectivity index (χ4n) is 3.17. The molecule has 0 unspecified atom stereocenters. The number of halogens is 4. The number of hydrogen-bond acceptors (Lipinski definition) is 10. The van der Waals surface area contributed by atoms with Gasteiger partial charge in [-0.1, -0.05) is 0 Å². The van der Waals surface area contributed by atoms with E-state index < -0.39 is 5.97 Å². The number of carboxylic acid groups (broad SMARTS) is 1. The molecule has 2 N–H and O–H groups in total. The largest absolute Gasteiger partial charge is 0.477 e. The van der Waals surface area contributed by atoms with Gasteiger partial charge < -0.3 is 15.1 Å². The lowest BCUT2D eigenvalue weighted by atomic mass is 10.4. The van der Waals surface area contributed by atoms with Crippen LogP contribution in [0.5, 0.6) is 0 Å². The van der Waals surface area contributed by atoms with Crippen LogP contribution in [0.3, 0.4) is 0 Å². The molecule has 6 aromatic rings. The molecule has 210 valence electrons. The number of carbonyl (C=O) groups excluding carboxylic acids is 2. The Morgan fingerprint density at radius 2 is 1.07 bits per heavy atom. The molecule has 0 saturated carbocycles. The lowest BCUT2D eigenvalue weighted by molar-refractivity contribution is 0.0701. The molecule has 0 aliphatic heterocycles. The molecule has 0 spiro atoms. The van der Waals surface area contributed by atoms with E-state index in [1.54, 1.807) is 47.1 Å². The van der Waals surface area contributed by atoms with Crippen molar-refractivity contribution in [3.8, 4) is 0 Å². The van der Waals surface area contributed by atoms with Gasteiger partial charge in [0.1, 0.15) is 4.88 Å². The van der Waals surface area contributed by atoms with Gasteiger partial charge >= 0.3 is 5.97 Å². The average Bonchev–Trinajstić information content (AvgIpc) is 3.68. The molecule has 0 bridgehead atoms. The first-order valence-electron chi connectivity index (χ1n) is 10.8. The van der Waals surface area contributed by atoms with Crippen LogP contribution in [0.1, 0.15) is 29.0 Å². The smallest absolute Gasteiger partial charge is 0.345 e. The van der Waals surface area contributed by atoms with Gasteiger partial charge in [-0.25, -0.2) is 4.79 Å². The highest BCUT2D eigenvalue weighted by atomic mass is 79.9. The van der Waals surface area contributed by atoms with Crippen LogP contribution in [-0.4, -0.2) is 52.4 Å². The second-order valence-corrected chi connectivity index (χ2v) is 18.7. The van der Waals surface area contributed by atoms with Crippen LogP contribution in [0.25, 0.3) is 28.2 Å². The van der Waals surface area contributed by atoms with E-state index in [2.05, 4.69) is 47.8 Å². The molecule has 0 atom stereocenters. The van der Waals surface area contributed by atoms with Crippen LogP contribution in [0.2, 0.25) is 0 Å². The first-order valence-corrected chi connectivity index (χ1v) is 18.5. The van der Waals surface area contributed by atoms with Crippen molar-refractivity contribution in [2.24, 2.45) is 0 Å². The van der Waals surface area contributed by atoms with Crippen LogP contribution in [0, 0.1) is 0 Å². The van der Waals surface area contributed by atoms with Crippen molar-refractivity contribution in [3.05, 3.63) is 62.4 Å². The van der Waals surface area contributed by atoms with Gasteiger partial charge in [-0.15, -0.1) is 68.0 Å². The van der Waals surface area contributed by atoms with E-state index in [1.807, 2.05) is 30.3 Å². The summed E-state index contributed by atoms with van der Waals surface area (Å²) >= 11 is 24.5. The summed E-state index contributed by atoms with van der Waals surface area (Å²) < 4.78 is 9.73. The molecule has 1 amide bonds. The number of rotatable bonds is 5. The Labute approximate surface area is 281 Å². The number of thiophene rings is 6. The number of hydrogen-bond donors (Lipinski definition) is 2. The zero-order valence-corrected chi connectivity index (χ0v) is 30.3. The summed E-state index contributed by atoms with van der Waals surface area (Å²) in [6.07, 6.45) is 0. The maximum absolute atomic E-state index is 11.9. The van der Waals surface area contributed by atoms with E-state index in [4.69, 9.17) is 21.8 Å². The predicted octanol–water partition coefficient (Wildman–Crippen LogP) is 10.3. The van der Waals surface area contributed by atoms with Gasteiger partial charge in [-0.2, -0.15) is 0 Å². The van der Waals surface area contributed by atoms with Gasteiger partial charge in [0.15, 0.2) is 0 Å². The van der Waals surface area contributed by atoms with Gasteiger partial charge in [0.2, 0.25) is 0 Å². The summed E-state index contributed by atoms with van der Waals surface area (Å²) in [7, 11) is 1.70. The number of aromatic carboxylic acids is 1. The molecule has 0 fully saturated rings. The molecule has 16 heteroatoms. The third-order valence-corrected chi connectivity index (χ3v) is 13.6. The normalized spacial score (nSPS) is 10.8. The van der Waals surface area contributed by atoms with Crippen molar-refractivity contribution >= 4 is 173 Å². The molecule has 6 heterocycles. The Balaban J connectivity index is 0.000000141. The van der Waals surface area contributed by atoms with Gasteiger partial charge in [0.25, 0.3) is 11.1 Å². The fourth-order valence-corrected chi connectivity index (χ4v) is 12.1. The molecule has 0 radical (unpaired) electrons. The quantitative estimate of drug-likeness (QED) is 0.168.